The van der Waals surface area contributed by atoms with Crippen molar-refractivity contribution >= 4 is 38.2 Å². The van der Waals surface area contributed by atoms with Crippen molar-refractivity contribution in [3.8, 4) is 0 Å². The number of hydrogen-bond donors (Lipinski definition) is 1. The highest BCUT2D eigenvalue weighted by Crippen LogP contribution is 2.28. The zero-order chi connectivity index (χ0) is 16.4. The number of pyridine rings is 1. The third-order valence-corrected chi connectivity index (χ3v) is 4.99. The lowest BCUT2D eigenvalue weighted by Gasteiger charge is -2.11. The van der Waals surface area contributed by atoms with Crippen LogP contribution < -0.4 is 4.72 Å². The van der Waals surface area contributed by atoms with E-state index in [2.05, 4.69) is 9.71 Å². The lowest BCUT2D eigenvalue weighted by atomic mass is 10.2. The number of aromatic nitrogens is 1. The molecule has 3 aromatic rings. The van der Waals surface area contributed by atoms with E-state index in [1.54, 1.807) is 30.5 Å². The Balaban J connectivity index is 1.93. The molecule has 0 aliphatic rings. The van der Waals surface area contributed by atoms with Gasteiger partial charge in [-0.25, -0.2) is 8.42 Å². The lowest BCUT2D eigenvalue weighted by molar-refractivity contribution is 0.600. The Bertz CT molecular complexity index is 971. The van der Waals surface area contributed by atoms with Crippen molar-refractivity contribution in [1.29, 1.82) is 0 Å². The SMILES string of the molecule is Cc1cccc(CS(=O)(=O)Nc2ccc(Cl)c3cccnc23)c1. The first-order chi connectivity index (χ1) is 10.9. The fourth-order valence-electron chi connectivity index (χ4n) is 2.45. The van der Waals surface area contributed by atoms with E-state index >= 15 is 0 Å². The van der Waals surface area contributed by atoms with Crippen LogP contribution in [0.5, 0.6) is 0 Å². The molecule has 4 nitrogen and oxygen atoms in total. The molecule has 118 valence electrons. The number of anilines is 1. The van der Waals surface area contributed by atoms with E-state index in [9.17, 15) is 8.42 Å². The van der Waals surface area contributed by atoms with Gasteiger partial charge in [-0.3, -0.25) is 9.71 Å². The summed E-state index contributed by atoms with van der Waals surface area (Å²) < 4.78 is 27.5. The average molecular weight is 347 g/mol. The number of aryl methyl sites for hydroxylation is 1. The van der Waals surface area contributed by atoms with Crippen LogP contribution in [0.3, 0.4) is 0 Å². The van der Waals surface area contributed by atoms with Gasteiger partial charge in [0.05, 0.1) is 22.0 Å². The molecule has 0 saturated heterocycles. The van der Waals surface area contributed by atoms with Crippen molar-refractivity contribution in [1.82, 2.24) is 4.98 Å². The van der Waals surface area contributed by atoms with Crippen LogP contribution in [-0.2, 0) is 15.8 Å². The molecular weight excluding hydrogens is 332 g/mol. The van der Waals surface area contributed by atoms with Crippen LogP contribution in [0, 0.1) is 6.92 Å². The predicted molar refractivity (Wildman–Crippen MR) is 94.2 cm³/mol. The largest absolute Gasteiger partial charge is 0.281 e. The molecule has 0 fully saturated rings. The number of nitrogens with zero attached hydrogens (tertiary/aromatic N) is 1. The van der Waals surface area contributed by atoms with E-state index in [1.165, 1.54) is 0 Å². The normalized spacial score (nSPS) is 11.6. The summed E-state index contributed by atoms with van der Waals surface area (Å²) in [5.41, 5.74) is 2.73. The number of hydrogen-bond acceptors (Lipinski definition) is 3. The molecule has 1 aromatic heterocycles. The summed E-state index contributed by atoms with van der Waals surface area (Å²) in [6, 6.07) is 14.3. The molecule has 0 unspecified atom stereocenters. The molecule has 0 atom stereocenters. The van der Waals surface area contributed by atoms with Gasteiger partial charge in [0.1, 0.15) is 0 Å². The minimum absolute atomic E-state index is 0.0916. The van der Waals surface area contributed by atoms with Gasteiger partial charge < -0.3 is 0 Å². The Morgan fingerprint density at radius 1 is 1.13 bits per heavy atom. The Hall–Kier alpha value is -2.11. The lowest BCUT2D eigenvalue weighted by Crippen LogP contribution is -2.15. The van der Waals surface area contributed by atoms with Crippen LogP contribution in [0.2, 0.25) is 5.02 Å². The number of fused-ring (bicyclic) bond motifs is 1. The van der Waals surface area contributed by atoms with Gasteiger partial charge in [-0.15, -0.1) is 0 Å². The van der Waals surface area contributed by atoms with Gasteiger partial charge in [0.2, 0.25) is 10.0 Å². The Labute approximate surface area is 140 Å². The first-order valence-corrected chi connectivity index (χ1v) is 9.07. The van der Waals surface area contributed by atoms with E-state index < -0.39 is 10.0 Å². The molecule has 1 N–H and O–H groups in total. The Morgan fingerprint density at radius 2 is 1.96 bits per heavy atom. The summed E-state index contributed by atoms with van der Waals surface area (Å²) in [4.78, 5) is 4.24. The maximum Gasteiger partial charge on any atom is 0.236 e. The minimum atomic E-state index is -3.54. The number of halogens is 1. The van der Waals surface area contributed by atoms with E-state index in [4.69, 9.17) is 11.6 Å². The molecule has 0 radical (unpaired) electrons. The third-order valence-electron chi connectivity index (χ3n) is 3.42. The van der Waals surface area contributed by atoms with Crippen LogP contribution in [0.15, 0.2) is 54.7 Å². The highest BCUT2D eigenvalue weighted by molar-refractivity contribution is 7.91. The van der Waals surface area contributed by atoms with E-state index in [0.717, 1.165) is 11.1 Å². The minimum Gasteiger partial charge on any atom is -0.281 e. The second-order valence-corrected chi connectivity index (χ2v) is 7.47. The van der Waals surface area contributed by atoms with Crippen LogP contribution in [-0.4, -0.2) is 13.4 Å². The molecule has 0 aliphatic carbocycles. The van der Waals surface area contributed by atoms with E-state index in [0.29, 0.717) is 21.6 Å². The fourth-order valence-corrected chi connectivity index (χ4v) is 3.85. The smallest absolute Gasteiger partial charge is 0.236 e. The third kappa shape index (κ3) is 3.63. The standard InChI is InChI=1S/C17H15ClN2O2S/c1-12-4-2-5-13(10-12)11-23(21,22)20-16-8-7-15(18)14-6-3-9-19-17(14)16/h2-10,20H,11H2,1H3. The number of nitrogens with one attached hydrogen (secondary N) is 1. The van der Waals surface area contributed by atoms with Crippen molar-refractivity contribution in [2.75, 3.05) is 4.72 Å². The Morgan fingerprint density at radius 3 is 2.74 bits per heavy atom. The van der Waals surface area contributed by atoms with Crippen molar-refractivity contribution in [2.45, 2.75) is 12.7 Å². The van der Waals surface area contributed by atoms with Gasteiger partial charge in [0, 0.05) is 11.6 Å². The zero-order valence-electron chi connectivity index (χ0n) is 12.5. The maximum atomic E-state index is 12.4. The molecule has 0 aliphatic heterocycles. The van der Waals surface area contributed by atoms with Crippen LogP contribution in [0.1, 0.15) is 11.1 Å². The molecular formula is C17H15ClN2O2S. The van der Waals surface area contributed by atoms with Crippen LogP contribution >= 0.6 is 11.6 Å². The second-order valence-electron chi connectivity index (χ2n) is 5.34. The molecule has 0 saturated carbocycles. The zero-order valence-corrected chi connectivity index (χ0v) is 14.0. The van der Waals surface area contributed by atoms with Crippen molar-refractivity contribution in [3.63, 3.8) is 0 Å². The summed E-state index contributed by atoms with van der Waals surface area (Å²) in [7, 11) is -3.54. The first-order valence-electron chi connectivity index (χ1n) is 7.04. The molecule has 3 rings (SSSR count). The molecule has 0 amide bonds. The summed E-state index contributed by atoms with van der Waals surface area (Å²) in [5, 5.41) is 1.25. The van der Waals surface area contributed by atoms with Crippen molar-refractivity contribution < 1.29 is 8.42 Å². The molecule has 23 heavy (non-hydrogen) atoms. The molecule has 0 spiro atoms. The Kier molecular flexibility index (Phi) is 4.24. The summed E-state index contributed by atoms with van der Waals surface area (Å²) >= 11 is 6.13. The van der Waals surface area contributed by atoms with E-state index in [-0.39, 0.29) is 5.75 Å². The van der Waals surface area contributed by atoms with Gasteiger partial charge >= 0.3 is 0 Å². The average Bonchev–Trinajstić information content (AvgIpc) is 2.50. The summed E-state index contributed by atoms with van der Waals surface area (Å²) in [6.07, 6.45) is 1.61. The van der Waals surface area contributed by atoms with Crippen molar-refractivity contribution in [2.24, 2.45) is 0 Å². The molecule has 1 heterocycles. The van der Waals surface area contributed by atoms with Crippen LogP contribution in [0.4, 0.5) is 5.69 Å². The molecule has 0 bridgehead atoms. The quantitative estimate of drug-likeness (QED) is 0.772. The number of rotatable bonds is 4. The topological polar surface area (TPSA) is 59.1 Å². The number of benzene rings is 2. The summed E-state index contributed by atoms with van der Waals surface area (Å²) in [6.45, 7) is 1.93. The molecule has 6 heteroatoms. The van der Waals surface area contributed by atoms with Gasteiger partial charge in [-0.1, -0.05) is 41.4 Å². The van der Waals surface area contributed by atoms with Gasteiger partial charge in [0.25, 0.3) is 0 Å². The van der Waals surface area contributed by atoms with Gasteiger partial charge in [-0.05, 0) is 36.8 Å². The van der Waals surface area contributed by atoms with Gasteiger partial charge in [-0.2, -0.15) is 0 Å². The maximum absolute atomic E-state index is 12.4. The van der Waals surface area contributed by atoms with Crippen molar-refractivity contribution in [3.05, 3.63) is 70.9 Å². The van der Waals surface area contributed by atoms with Gasteiger partial charge in [0.15, 0.2) is 0 Å². The van der Waals surface area contributed by atoms with E-state index in [1.807, 2.05) is 31.2 Å². The predicted octanol–water partition coefficient (Wildman–Crippen LogP) is 4.14. The van der Waals surface area contributed by atoms with Crippen LogP contribution in [0.25, 0.3) is 10.9 Å². The second kappa shape index (κ2) is 6.18. The fraction of sp³-hybridized carbons (Fsp3) is 0.118. The highest BCUT2D eigenvalue weighted by atomic mass is 35.5. The molecule has 2 aromatic carbocycles. The number of sulfonamides is 1. The summed E-state index contributed by atoms with van der Waals surface area (Å²) in [5.74, 6) is -0.0916. The monoisotopic (exact) mass is 346 g/mol. The first kappa shape index (κ1) is 15.8. The highest BCUT2D eigenvalue weighted by Gasteiger charge is 2.15.